The number of carbonyl (C=O) groups excluding carboxylic acids is 1. The van der Waals surface area contributed by atoms with E-state index in [0.717, 1.165) is 22.2 Å². The molecule has 0 saturated heterocycles. The first-order valence-electron chi connectivity index (χ1n) is 6.23. The monoisotopic (exact) mass is 337 g/mol. The van der Waals surface area contributed by atoms with Gasteiger partial charge in [0.2, 0.25) is 0 Å². The van der Waals surface area contributed by atoms with Gasteiger partial charge in [0.25, 0.3) is 5.91 Å². The Labute approximate surface area is 126 Å². The highest BCUT2D eigenvalue weighted by atomic mass is 79.9. The Morgan fingerprint density at radius 3 is 2.42 bits per heavy atom. The largest absolute Gasteiger partial charge is 0.347 e. The van der Waals surface area contributed by atoms with Crippen molar-refractivity contribution in [3.8, 4) is 0 Å². The van der Waals surface area contributed by atoms with Crippen molar-refractivity contribution in [3.05, 3.63) is 57.3 Å². The molecule has 0 bridgehead atoms. The maximum Gasteiger partial charge on any atom is 0.261 e. The van der Waals surface area contributed by atoms with Crippen LogP contribution in [-0.2, 0) is 18.3 Å². The number of aryl methyl sites for hydroxylation is 1. The zero-order valence-electron chi connectivity index (χ0n) is 10.8. The van der Waals surface area contributed by atoms with Crippen LogP contribution in [0.5, 0.6) is 0 Å². The summed E-state index contributed by atoms with van der Waals surface area (Å²) in [4.78, 5) is 14.0. The lowest BCUT2D eigenvalue weighted by Gasteiger charge is -2.04. The van der Waals surface area contributed by atoms with Crippen molar-refractivity contribution >= 4 is 33.2 Å². The minimum atomic E-state index is 0.00858. The molecule has 0 unspecified atom stereocenters. The minimum absolute atomic E-state index is 0.00858. The SMILES string of the molecule is CCc1ccc(C(=O)NCc2ccc(CBr)cc2)s1. The van der Waals surface area contributed by atoms with E-state index in [2.05, 4.69) is 40.3 Å². The summed E-state index contributed by atoms with van der Waals surface area (Å²) in [6, 6.07) is 12.1. The fourth-order valence-electron chi connectivity index (χ4n) is 1.71. The molecule has 1 aromatic heterocycles. The molecular formula is C15H16BrNOS. The first-order valence-corrected chi connectivity index (χ1v) is 8.17. The highest BCUT2D eigenvalue weighted by molar-refractivity contribution is 9.08. The van der Waals surface area contributed by atoms with Crippen molar-refractivity contribution in [3.63, 3.8) is 0 Å². The average Bonchev–Trinajstić information content (AvgIpc) is 2.94. The van der Waals surface area contributed by atoms with Gasteiger partial charge in [0, 0.05) is 16.8 Å². The normalized spacial score (nSPS) is 10.4. The fraction of sp³-hybridized carbons (Fsp3) is 0.267. The molecule has 0 aliphatic heterocycles. The highest BCUT2D eigenvalue weighted by Gasteiger charge is 2.08. The van der Waals surface area contributed by atoms with E-state index in [1.165, 1.54) is 10.4 Å². The number of hydrogen-bond donors (Lipinski definition) is 1. The third-order valence-corrected chi connectivity index (χ3v) is 4.74. The lowest BCUT2D eigenvalue weighted by Crippen LogP contribution is -2.21. The van der Waals surface area contributed by atoms with Gasteiger partial charge < -0.3 is 5.32 Å². The van der Waals surface area contributed by atoms with Gasteiger partial charge in [-0.3, -0.25) is 4.79 Å². The lowest BCUT2D eigenvalue weighted by atomic mass is 10.1. The molecular weight excluding hydrogens is 322 g/mol. The molecule has 2 aromatic rings. The predicted octanol–water partition coefficient (Wildman–Crippen LogP) is 4.14. The van der Waals surface area contributed by atoms with E-state index < -0.39 is 0 Å². The van der Waals surface area contributed by atoms with Gasteiger partial charge in [0.15, 0.2) is 0 Å². The maximum absolute atomic E-state index is 12.0. The summed E-state index contributed by atoms with van der Waals surface area (Å²) in [5, 5.41) is 3.81. The van der Waals surface area contributed by atoms with Crippen LogP contribution < -0.4 is 5.32 Å². The Morgan fingerprint density at radius 1 is 1.16 bits per heavy atom. The van der Waals surface area contributed by atoms with E-state index in [4.69, 9.17) is 0 Å². The molecule has 1 heterocycles. The molecule has 0 aliphatic rings. The number of carbonyl (C=O) groups is 1. The van der Waals surface area contributed by atoms with Gasteiger partial charge in [0.05, 0.1) is 4.88 Å². The van der Waals surface area contributed by atoms with Crippen molar-refractivity contribution in [2.75, 3.05) is 0 Å². The predicted molar refractivity (Wildman–Crippen MR) is 83.9 cm³/mol. The molecule has 1 N–H and O–H groups in total. The summed E-state index contributed by atoms with van der Waals surface area (Å²) >= 11 is 4.98. The third kappa shape index (κ3) is 3.91. The molecule has 0 saturated carbocycles. The molecule has 2 nitrogen and oxygen atoms in total. The quantitative estimate of drug-likeness (QED) is 0.816. The van der Waals surface area contributed by atoms with E-state index in [9.17, 15) is 4.79 Å². The van der Waals surface area contributed by atoms with Gasteiger partial charge in [-0.2, -0.15) is 0 Å². The molecule has 0 radical (unpaired) electrons. The molecule has 19 heavy (non-hydrogen) atoms. The number of hydrogen-bond acceptors (Lipinski definition) is 2. The highest BCUT2D eigenvalue weighted by Crippen LogP contribution is 2.17. The second-order valence-electron chi connectivity index (χ2n) is 4.25. The van der Waals surface area contributed by atoms with Crippen molar-refractivity contribution in [1.82, 2.24) is 5.32 Å². The van der Waals surface area contributed by atoms with Crippen LogP contribution in [0.3, 0.4) is 0 Å². The van der Waals surface area contributed by atoms with Gasteiger partial charge in [-0.15, -0.1) is 11.3 Å². The third-order valence-electron chi connectivity index (χ3n) is 2.86. The number of alkyl halides is 1. The topological polar surface area (TPSA) is 29.1 Å². The van der Waals surface area contributed by atoms with Crippen LogP contribution in [0, 0.1) is 0 Å². The van der Waals surface area contributed by atoms with Crippen LogP contribution in [-0.4, -0.2) is 5.91 Å². The van der Waals surface area contributed by atoms with Gasteiger partial charge >= 0.3 is 0 Å². The van der Waals surface area contributed by atoms with Crippen LogP contribution in [0.2, 0.25) is 0 Å². The van der Waals surface area contributed by atoms with Crippen molar-refractivity contribution < 1.29 is 4.79 Å². The summed E-state index contributed by atoms with van der Waals surface area (Å²) in [6.45, 7) is 2.67. The molecule has 4 heteroatoms. The summed E-state index contributed by atoms with van der Waals surface area (Å²) < 4.78 is 0. The van der Waals surface area contributed by atoms with E-state index in [1.807, 2.05) is 24.3 Å². The zero-order chi connectivity index (χ0) is 13.7. The van der Waals surface area contributed by atoms with Crippen molar-refractivity contribution in [2.24, 2.45) is 0 Å². The summed E-state index contributed by atoms with van der Waals surface area (Å²) in [6.07, 6.45) is 0.978. The molecule has 0 atom stereocenters. The molecule has 1 aromatic carbocycles. The maximum atomic E-state index is 12.0. The van der Waals surface area contributed by atoms with Gasteiger partial charge in [-0.1, -0.05) is 47.1 Å². The fourth-order valence-corrected chi connectivity index (χ4v) is 2.94. The van der Waals surface area contributed by atoms with Gasteiger partial charge in [0.1, 0.15) is 0 Å². The van der Waals surface area contributed by atoms with Crippen LogP contribution in [0.25, 0.3) is 0 Å². The zero-order valence-corrected chi connectivity index (χ0v) is 13.2. The van der Waals surface area contributed by atoms with Crippen molar-refractivity contribution in [2.45, 2.75) is 25.2 Å². The Morgan fingerprint density at radius 2 is 1.84 bits per heavy atom. The number of thiophene rings is 1. The van der Waals surface area contributed by atoms with Gasteiger partial charge in [-0.05, 0) is 29.7 Å². The Hall–Kier alpha value is -1.13. The molecule has 2 rings (SSSR count). The number of benzene rings is 1. The van der Waals surface area contributed by atoms with Crippen LogP contribution in [0.1, 0.15) is 32.6 Å². The van der Waals surface area contributed by atoms with E-state index in [-0.39, 0.29) is 5.91 Å². The lowest BCUT2D eigenvalue weighted by molar-refractivity contribution is 0.0955. The first kappa shape index (κ1) is 14.3. The van der Waals surface area contributed by atoms with E-state index >= 15 is 0 Å². The number of nitrogens with one attached hydrogen (secondary N) is 1. The number of rotatable bonds is 5. The minimum Gasteiger partial charge on any atom is -0.347 e. The van der Waals surface area contributed by atoms with Gasteiger partial charge in [-0.25, -0.2) is 0 Å². The molecule has 0 spiro atoms. The summed E-state index contributed by atoms with van der Waals surface area (Å²) in [5.74, 6) is 0.00858. The average molecular weight is 338 g/mol. The smallest absolute Gasteiger partial charge is 0.261 e. The molecule has 0 fully saturated rings. The van der Waals surface area contributed by atoms with E-state index in [1.54, 1.807) is 11.3 Å². The van der Waals surface area contributed by atoms with Crippen molar-refractivity contribution in [1.29, 1.82) is 0 Å². The summed E-state index contributed by atoms with van der Waals surface area (Å²) in [5.41, 5.74) is 2.35. The Bertz CT molecular complexity index is 548. The standard InChI is InChI=1S/C15H16BrNOS/c1-2-13-7-8-14(19-13)15(18)17-10-12-5-3-11(9-16)4-6-12/h3-8H,2,9-10H2,1H3,(H,17,18). The molecule has 0 aliphatic carbocycles. The van der Waals surface area contributed by atoms with Crippen LogP contribution >= 0.6 is 27.3 Å². The second-order valence-corrected chi connectivity index (χ2v) is 5.98. The number of halogens is 1. The Kier molecular flexibility index (Phi) is 5.16. The van der Waals surface area contributed by atoms with Crippen LogP contribution in [0.4, 0.5) is 0 Å². The second kappa shape index (κ2) is 6.87. The summed E-state index contributed by atoms with van der Waals surface area (Å²) in [7, 11) is 0. The Balaban J connectivity index is 1.92. The number of amides is 1. The first-order chi connectivity index (χ1) is 9.22. The van der Waals surface area contributed by atoms with E-state index in [0.29, 0.717) is 6.54 Å². The molecule has 1 amide bonds. The van der Waals surface area contributed by atoms with Crippen LogP contribution in [0.15, 0.2) is 36.4 Å². The molecule has 100 valence electrons.